The molecule has 0 bridgehead atoms. The van der Waals surface area contributed by atoms with E-state index >= 15 is 0 Å². The van der Waals surface area contributed by atoms with Crippen LogP contribution in [0.5, 0.6) is 0 Å². The lowest BCUT2D eigenvalue weighted by molar-refractivity contribution is 0.200. The SMILES string of the molecule is CC(C)N(C(=O)O)c1ccc(-c2cnc([C@@H]3CCc4cc(-c5cc(Cl)ccc5-n5cnnn5)cc(=O)n43)[nH]2)nc1. The van der Waals surface area contributed by atoms with Gasteiger partial charge in [-0.3, -0.25) is 14.7 Å². The lowest BCUT2D eigenvalue weighted by Crippen LogP contribution is -2.35. The number of nitrogens with one attached hydrogen (secondary N) is 1. The third-order valence-corrected chi connectivity index (χ3v) is 7.17. The summed E-state index contributed by atoms with van der Waals surface area (Å²) in [5.41, 5.74) is 4.70. The van der Waals surface area contributed by atoms with Crippen molar-refractivity contribution < 1.29 is 9.90 Å². The Labute approximate surface area is 232 Å². The number of rotatable bonds is 6. The smallest absolute Gasteiger partial charge is 0.412 e. The number of hydrogen-bond donors (Lipinski definition) is 2. The van der Waals surface area contributed by atoms with Crippen LogP contribution in [0.15, 0.2) is 66.0 Å². The van der Waals surface area contributed by atoms with E-state index in [-0.39, 0.29) is 17.6 Å². The van der Waals surface area contributed by atoms with E-state index in [1.54, 1.807) is 54.9 Å². The molecule has 1 aromatic carbocycles. The number of pyridine rings is 2. The molecule has 1 aliphatic heterocycles. The van der Waals surface area contributed by atoms with Crippen LogP contribution < -0.4 is 10.5 Å². The predicted octanol–water partition coefficient (Wildman–Crippen LogP) is 4.36. The number of carboxylic acid groups (broad SMARTS) is 1. The molecule has 6 rings (SSSR count). The molecule has 4 aromatic heterocycles. The van der Waals surface area contributed by atoms with Gasteiger partial charge in [0.25, 0.3) is 5.56 Å². The molecule has 202 valence electrons. The van der Waals surface area contributed by atoms with Gasteiger partial charge in [0.05, 0.1) is 41.2 Å². The molecule has 12 nitrogen and oxygen atoms in total. The summed E-state index contributed by atoms with van der Waals surface area (Å²) in [6.07, 6.45) is 5.06. The van der Waals surface area contributed by atoms with Gasteiger partial charge in [-0.05, 0) is 79.1 Å². The maximum absolute atomic E-state index is 13.4. The number of nitrogens with zero attached hydrogens (tertiary/aromatic N) is 8. The van der Waals surface area contributed by atoms with Crippen LogP contribution in [0, 0.1) is 0 Å². The normalized spacial score (nSPS) is 14.4. The highest BCUT2D eigenvalue weighted by Gasteiger charge is 2.28. The van der Waals surface area contributed by atoms with E-state index in [1.165, 1.54) is 22.1 Å². The van der Waals surface area contributed by atoms with E-state index in [0.29, 0.717) is 46.5 Å². The molecule has 5 heterocycles. The third kappa shape index (κ3) is 4.51. The summed E-state index contributed by atoms with van der Waals surface area (Å²) >= 11 is 6.30. The zero-order valence-corrected chi connectivity index (χ0v) is 22.3. The second kappa shape index (κ2) is 10.0. The Balaban J connectivity index is 1.30. The molecule has 0 saturated heterocycles. The fourth-order valence-electron chi connectivity index (χ4n) is 5.17. The molecular formula is C27H24ClN9O3. The highest BCUT2D eigenvalue weighted by atomic mass is 35.5. The average molecular weight is 558 g/mol. The van der Waals surface area contributed by atoms with Crippen LogP contribution in [0.25, 0.3) is 28.2 Å². The summed E-state index contributed by atoms with van der Waals surface area (Å²) in [7, 11) is 0. The molecular weight excluding hydrogens is 534 g/mol. The van der Waals surface area contributed by atoms with Crippen molar-refractivity contribution in [3.05, 3.63) is 88.1 Å². The van der Waals surface area contributed by atoms with Crippen molar-refractivity contribution in [3.8, 4) is 28.2 Å². The molecule has 0 unspecified atom stereocenters. The lowest BCUT2D eigenvalue weighted by Gasteiger charge is -2.23. The van der Waals surface area contributed by atoms with Gasteiger partial charge in [0.2, 0.25) is 0 Å². The number of aryl methyl sites for hydroxylation is 1. The topological polar surface area (TPSA) is 148 Å². The predicted molar refractivity (Wildman–Crippen MR) is 148 cm³/mol. The largest absolute Gasteiger partial charge is 0.465 e. The fraction of sp³-hybridized carbons (Fsp3) is 0.222. The molecule has 13 heteroatoms. The minimum atomic E-state index is -1.04. The van der Waals surface area contributed by atoms with Crippen molar-refractivity contribution in [2.75, 3.05) is 4.90 Å². The van der Waals surface area contributed by atoms with Crippen LogP contribution in [0.4, 0.5) is 10.5 Å². The van der Waals surface area contributed by atoms with Crippen LogP contribution >= 0.6 is 11.6 Å². The molecule has 0 saturated carbocycles. The van der Waals surface area contributed by atoms with Crippen LogP contribution in [0.3, 0.4) is 0 Å². The van der Waals surface area contributed by atoms with Crippen LogP contribution in [0.2, 0.25) is 5.02 Å². The summed E-state index contributed by atoms with van der Waals surface area (Å²) in [5, 5.41) is 21.5. The number of hydrogen-bond acceptors (Lipinski definition) is 7. The van der Waals surface area contributed by atoms with E-state index in [2.05, 4.69) is 30.5 Å². The van der Waals surface area contributed by atoms with Crippen molar-refractivity contribution >= 4 is 23.4 Å². The number of carbonyl (C=O) groups is 1. The van der Waals surface area contributed by atoms with E-state index in [4.69, 9.17) is 11.6 Å². The molecule has 5 aromatic rings. The summed E-state index contributed by atoms with van der Waals surface area (Å²) in [6.45, 7) is 3.60. The fourth-order valence-corrected chi connectivity index (χ4v) is 5.35. The number of anilines is 1. The molecule has 1 amide bonds. The summed E-state index contributed by atoms with van der Waals surface area (Å²) in [5.74, 6) is 0.654. The maximum Gasteiger partial charge on any atom is 0.412 e. The number of aromatic nitrogens is 8. The van der Waals surface area contributed by atoms with Gasteiger partial charge < -0.3 is 14.7 Å². The standard InChI is InChI=1S/C27H24ClN9O3/c1-15(2)36(27(39)40)19-4-6-21(29-12-19)22-13-30-26(32-22)24-8-5-18-9-16(10-25(38)37(18)24)20-11-17(28)3-7-23(20)35-14-31-33-34-35/h3-4,6-7,9-15,24H,5,8H2,1-2H3,(H,30,32)(H,39,40)/t24-/m0/s1. The van der Waals surface area contributed by atoms with Crippen molar-refractivity contribution in [3.63, 3.8) is 0 Å². The highest BCUT2D eigenvalue weighted by Crippen LogP contribution is 2.34. The summed E-state index contributed by atoms with van der Waals surface area (Å²) in [6, 6.07) is 11.9. The van der Waals surface area contributed by atoms with Crippen molar-refractivity contribution in [2.45, 2.75) is 38.8 Å². The van der Waals surface area contributed by atoms with Gasteiger partial charge in [-0.25, -0.2) is 9.78 Å². The molecule has 2 N–H and O–H groups in total. The van der Waals surface area contributed by atoms with Crippen LogP contribution in [-0.4, -0.2) is 57.0 Å². The molecule has 0 fully saturated rings. The zero-order chi connectivity index (χ0) is 28.0. The van der Waals surface area contributed by atoms with Gasteiger partial charge in [-0.15, -0.1) is 5.10 Å². The van der Waals surface area contributed by atoms with Crippen molar-refractivity contribution in [1.29, 1.82) is 0 Å². The zero-order valence-electron chi connectivity index (χ0n) is 21.6. The van der Waals surface area contributed by atoms with E-state index in [0.717, 1.165) is 16.8 Å². The van der Waals surface area contributed by atoms with Crippen LogP contribution in [-0.2, 0) is 6.42 Å². The second-order valence-corrected chi connectivity index (χ2v) is 10.2. The number of H-pyrrole nitrogens is 1. The second-order valence-electron chi connectivity index (χ2n) is 9.74. The first-order valence-corrected chi connectivity index (χ1v) is 13.0. The Morgan fingerprint density at radius 3 is 2.70 bits per heavy atom. The molecule has 0 aliphatic carbocycles. The minimum absolute atomic E-state index is 0.152. The quantitative estimate of drug-likeness (QED) is 0.313. The van der Waals surface area contributed by atoms with Crippen LogP contribution in [0.1, 0.15) is 37.8 Å². The Kier molecular flexibility index (Phi) is 6.39. The molecule has 40 heavy (non-hydrogen) atoms. The number of benzene rings is 1. The summed E-state index contributed by atoms with van der Waals surface area (Å²) in [4.78, 5) is 38.6. The van der Waals surface area contributed by atoms with Crippen molar-refractivity contribution in [1.82, 2.24) is 39.7 Å². The summed E-state index contributed by atoms with van der Waals surface area (Å²) < 4.78 is 3.30. The molecule has 0 spiro atoms. The number of halogens is 1. The van der Waals surface area contributed by atoms with E-state index in [9.17, 15) is 14.7 Å². The average Bonchev–Trinajstić information content (AvgIpc) is 3.69. The van der Waals surface area contributed by atoms with Gasteiger partial charge in [0.15, 0.2) is 0 Å². The first-order chi connectivity index (χ1) is 19.3. The van der Waals surface area contributed by atoms with E-state index < -0.39 is 6.09 Å². The first kappa shape index (κ1) is 25.4. The number of imidazole rings is 1. The number of tetrazole rings is 1. The van der Waals surface area contributed by atoms with Crippen molar-refractivity contribution in [2.24, 2.45) is 0 Å². The Morgan fingerprint density at radius 2 is 2.00 bits per heavy atom. The molecule has 0 radical (unpaired) electrons. The monoisotopic (exact) mass is 557 g/mol. The van der Waals surface area contributed by atoms with Gasteiger partial charge in [0.1, 0.15) is 12.2 Å². The van der Waals surface area contributed by atoms with Gasteiger partial charge in [0, 0.05) is 28.4 Å². The van der Waals surface area contributed by atoms with Gasteiger partial charge in [-0.2, -0.15) is 4.68 Å². The molecule has 1 aliphatic rings. The van der Waals surface area contributed by atoms with Gasteiger partial charge in [-0.1, -0.05) is 11.6 Å². The number of amides is 1. The van der Waals surface area contributed by atoms with Gasteiger partial charge >= 0.3 is 6.09 Å². The Hall–Kier alpha value is -4.84. The minimum Gasteiger partial charge on any atom is -0.465 e. The third-order valence-electron chi connectivity index (χ3n) is 6.93. The number of aromatic amines is 1. The first-order valence-electron chi connectivity index (χ1n) is 12.6. The molecule has 1 atom stereocenters. The lowest BCUT2D eigenvalue weighted by atomic mass is 10.0. The number of fused-ring (bicyclic) bond motifs is 1. The Bertz CT molecular complexity index is 1760. The maximum atomic E-state index is 13.4. The van der Waals surface area contributed by atoms with E-state index in [1.807, 2.05) is 12.1 Å². The Morgan fingerprint density at radius 1 is 1.15 bits per heavy atom. The highest BCUT2D eigenvalue weighted by molar-refractivity contribution is 6.31.